The van der Waals surface area contributed by atoms with Gasteiger partial charge in [-0.2, -0.15) is 0 Å². The van der Waals surface area contributed by atoms with Crippen molar-refractivity contribution in [3.63, 3.8) is 0 Å². The van der Waals surface area contributed by atoms with Crippen molar-refractivity contribution in [3.8, 4) is 0 Å². The number of carbonyl (C=O) groups excluding carboxylic acids is 1. The van der Waals surface area contributed by atoms with Gasteiger partial charge in [-0.25, -0.2) is 4.79 Å². The molecule has 1 aliphatic rings. The quantitative estimate of drug-likeness (QED) is 0.621. The first-order valence-electron chi connectivity index (χ1n) is 8.22. The lowest BCUT2D eigenvalue weighted by Crippen LogP contribution is -2.14. The Morgan fingerprint density at radius 1 is 0.875 bits per heavy atom. The number of amides is 1. The van der Waals surface area contributed by atoms with Gasteiger partial charge >= 0.3 is 11.8 Å². The highest BCUT2D eigenvalue weighted by atomic mass is 32.2. The zero-order valence-corrected chi connectivity index (χ0v) is 15.2. The van der Waals surface area contributed by atoms with Crippen LogP contribution in [0.1, 0.15) is 66.6 Å². The number of hydrogen-bond acceptors (Lipinski definition) is 2. The summed E-state index contributed by atoms with van der Waals surface area (Å²) in [4.78, 5) is 13.8. The molecule has 2 aromatic rings. The van der Waals surface area contributed by atoms with Crippen LogP contribution in [0.2, 0.25) is 0 Å². The normalized spacial score (nSPS) is 14.0. The summed E-state index contributed by atoms with van der Waals surface area (Å²) < 4.78 is 1.41. The van der Waals surface area contributed by atoms with Gasteiger partial charge in [-0.3, -0.25) is 0 Å². The van der Waals surface area contributed by atoms with E-state index in [-0.39, 0.29) is 11.8 Å². The second kappa shape index (κ2) is 6.44. The Morgan fingerprint density at radius 2 is 1.42 bits per heavy atom. The maximum absolute atomic E-state index is 12.7. The predicted octanol–water partition coefficient (Wildman–Crippen LogP) is 5.11. The lowest BCUT2D eigenvalue weighted by Gasteiger charge is -2.15. The molecule has 0 saturated heterocycles. The van der Waals surface area contributed by atoms with Crippen molar-refractivity contribution in [2.24, 2.45) is 0 Å². The van der Waals surface area contributed by atoms with Crippen molar-refractivity contribution in [3.05, 3.63) is 64.7 Å². The smallest absolute Gasteiger partial charge is 0.437 e. The number of aliphatic hydroxyl groups excluding tert-OH is 1. The van der Waals surface area contributed by atoms with Crippen LogP contribution in [0.5, 0.6) is 0 Å². The maximum atomic E-state index is 12.7. The number of carbonyl (C=O) groups is 1. The summed E-state index contributed by atoms with van der Waals surface area (Å²) >= 11 is 1.33. The Balaban J connectivity index is 2.10. The fourth-order valence-corrected chi connectivity index (χ4v) is 4.31. The Labute approximate surface area is 147 Å². The molecule has 1 aliphatic heterocycles. The summed E-state index contributed by atoms with van der Waals surface area (Å²) in [5.41, 5.74) is 3.55. The van der Waals surface area contributed by atoms with Crippen LogP contribution in [-0.4, -0.2) is 20.9 Å². The van der Waals surface area contributed by atoms with E-state index in [4.69, 9.17) is 0 Å². The van der Waals surface area contributed by atoms with Crippen molar-refractivity contribution in [1.29, 1.82) is 0 Å². The average Bonchev–Trinajstić information content (AvgIpc) is 2.80. The highest BCUT2D eigenvalue weighted by Crippen LogP contribution is 2.37. The fourth-order valence-electron chi connectivity index (χ4n) is 2.94. The summed E-state index contributed by atoms with van der Waals surface area (Å²) in [6.07, 6.45) is 0. The molecule has 0 bridgehead atoms. The monoisotopic (exact) mass is 340 g/mol. The Kier molecular flexibility index (Phi) is 4.50. The zero-order chi connectivity index (χ0) is 17.4. The van der Waals surface area contributed by atoms with Crippen molar-refractivity contribution in [1.82, 2.24) is 0 Å². The highest BCUT2D eigenvalue weighted by molar-refractivity contribution is 7.94. The van der Waals surface area contributed by atoms with Gasteiger partial charge in [0.1, 0.15) is 11.1 Å². The average molecular weight is 340 g/mol. The standard InChI is InChI=1S/C20H21NO2S/c1-12(2)14-10-7-11-15(13(3)4)18(14)24-21-19(22)16-8-5-6-9-17(16)20(21)23/h5-13H,1-4H3/p+1. The van der Waals surface area contributed by atoms with Gasteiger partial charge in [-0.15, -0.1) is 0 Å². The van der Waals surface area contributed by atoms with Gasteiger partial charge in [0.05, 0.1) is 4.90 Å². The van der Waals surface area contributed by atoms with Crippen molar-refractivity contribution in [2.75, 3.05) is 0 Å². The van der Waals surface area contributed by atoms with Gasteiger partial charge in [-0.1, -0.05) is 58.0 Å². The molecule has 4 heteroatoms. The molecule has 0 atom stereocenters. The molecule has 1 heterocycles. The van der Waals surface area contributed by atoms with Gasteiger partial charge in [0.2, 0.25) is 11.9 Å². The highest BCUT2D eigenvalue weighted by Gasteiger charge is 2.41. The van der Waals surface area contributed by atoms with Crippen LogP contribution in [0.25, 0.3) is 0 Å². The van der Waals surface area contributed by atoms with Crippen molar-refractivity contribution < 1.29 is 13.9 Å². The lowest BCUT2D eigenvalue weighted by atomic mass is 9.95. The molecule has 0 fully saturated rings. The van der Waals surface area contributed by atoms with Crippen LogP contribution in [-0.2, 0) is 0 Å². The number of fused-ring (bicyclic) bond motifs is 1. The number of aliphatic hydroxyl groups is 1. The van der Waals surface area contributed by atoms with E-state index in [1.165, 1.54) is 27.1 Å². The van der Waals surface area contributed by atoms with E-state index in [9.17, 15) is 9.90 Å². The largest absolute Gasteiger partial charge is 0.458 e. The predicted molar refractivity (Wildman–Crippen MR) is 98.2 cm³/mol. The summed E-state index contributed by atoms with van der Waals surface area (Å²) in [6, 6.07) is 13.5. The van der Waals surface area contributed by atoms with Crippen LogP contribution < -0.4 is 0 Å². The first-order chi connectivity index (χ1) is 11.4. The first-order valence-corrected chi connectivity index (χ1v) is 8.99. The minimum absolute atomic E-state index is 0.0221. The van der Waals surface area contributed by atoms with E-state index in [1.54, 1.807) is 12.1 Å². The molecule has 124 valence electrons. The molecule has 2 aromatic carbocycles. The van der Waals surface area contributed by atoms with Crippen LogP contribution in [0.3, 0.4) is 0 Å². The third kappa shape index (κ3) is 2.75. The van der Waals surface area contributed by atoms with Crippen LogP contribution in [0.15, 0.2) is 47.4 Å². The molecule has 3 nitrogen and oxygen atoms in total. The van der Waals surface area contributed by atoms with E-state index in [1.807, 2.05) is 12.1 Å². The van der Waals surface area contributed by atoms with Crippen molar-refractivity contribution >= 4 is 23.8 Å². The molecule has 24 heavy (non-hydrogen) atoms. The number of nitrogens with zero attached hydrogens (tertiary/aromatic N) is 1. The van der Waals surface area contributed by atoms with Crippen LogP contribution in [0, 0.1) is 0 Å². The third-order valence-corrected chi connectivity index (χ3v) is 5.45. The molecule has 0 spiro atoms. The van der Waals surface area contributed by atoms with Crippen molar-refractivity contribution in [2.45, 2.75) is 44.4 Å². The lowest BCUT2D eigenvalue weighted by molar-refractivity contribution is -0.248. The van der Waals surface area contributed by atoms with Gasteiger partial charge in [-0.05, 0) is 39.1 Å². The van der Waals surface area contributed by atoms with E-state index in [0.29, 0.717) is 23.0 Å². The van der Waals surface area contributed by atoms with Gasteiger partial charge in [0, 0.05) is 0 Å². The molecule has 0 radical (unpaired) electrons. The fraction of sp³-hybridized carbons (Fsp3) is 0.300. The van der Waals surface area contributed by atoms with E-state index in [2.05, 4.69) is 45.9 Å². The molecule has 0 aromatic heterocycles. The van der Waals surface area contributed by atoms with Gasteiger partial charge < -0.3 is 5.11 Å². The molecule has 1 amide bonds. The minimum Gasteiger partial charge on any atom is -0.458 e. The molecule has 3 rings (SSSR count). The van der Waals surface area contributed by atoms with E-state index < -0.39 is 0 Å². The molecule has 0 unspecified atom stereocenters. The van der Waals surface area contributed by atoms with E-state index in [0.717, 1.165) is 4.90 Å². The Bertz CT molecular complexity index is 811. The topological polar surface area (TPSA) is 40.3 Å². The van der Waals surface area contributed by atoms with Gasteiger partial charge in [0.15, 0.2) is 0 Å². The van der Waals surface area contributed by atoms with Crippen LogP contribution in [0.4, 0.5) is 0 Å². The van der Waals surface area contributed by atoms with Gasteiger partial charge in [0.25, 0.3) is 0 Å². The molecular formula is C20H22NO2S+. The first kappa shape index (κ1) is 16.8. The summed E-state index contributed by atoms with van der Waals surface area (Å²) in [5.74, 6) is 0.539. The van der Waals surface area contributed by atoms with Crippen LogP contribution >= 0.6 is 11.9 Å². The maximum Gasteiger partial charge on any atom is 0.437 e. The summed E-state index contributed by atoms with van der Waals surface area (Å²) in [7, 11) is 0. The molecule has 0 aliphatic carbocycles. The van der Waals surface area contributed by atoms with E-state index >= 15 is 0 Å². The number of benzene rings is 2. The Hall–Kier alpha value is -2.07. The zero-order valence-electron chi connectivity index (χ0n) is 14.4. The summed E-state index contributed by atoms with van der Waals surface area (Å²) in [5, 5.41) is 10.5. The minimum atomic E-state index is -0.165. The number of hydrogen-bond donors (Lipinski definition) is 1. The molecule has 1 N–H and O–H groups in total. The number of rotatable bonds is 4. The third-order valence-electron chi connectivity index (χ3n) is 4.28. The second-order valence-corrected chi connectivity index (χ2v) is 7.59. The molecule has 0 saturated carbocycles. The SMILES string of the molecule is CC(C)c1cccc(C(C)C)c1S[N+]1=C(O)c2ccccc2C1=O. The molecular weight excluding hydrogens is 318 g/mol. The second-order valence-electron chi connectivity index (χ2n) is 6.64. The Morgan fingerprint density at radius 3 is 1.92 bits per heavy atom. The summed E-state index contributed by atoms with van der Waals surface area (Å²) in [6.45, 7) is 8.59.